The van der Waals surface area contributed by atoms with E-state index in [-0.39, 0.29) is 17.9 Å². The van der Waals surface area contributed by atoms with E-state index in [1.165, 1.54) is 4.90 Å². The van der Waals surface area contributed by atoms with Crippen LogP contribution in [0.4, 0.5) is 0 Å². The summed E-state index contributed by atoms with van der Waals surface area (Å²) in [7, 11) is 0. The maximum Gasteiger partial charge on any atom is 0.261 e. The zero-order valence-electron chi connectivity index (χ0n) is 10.6. The van der Waals surface area contributed by atoms with Crippen LogP contribution in [-0.4, -0.2) is 35.8 Å². The van der Waals surface area contributed by atoms with Crippen LogP contribution in [0.15, 0.2) is 24.3 Å². The summed E-state index contributed by atoms with van der Waals surface area (Å²) in [5, 5.41) is 3.39. The van der Waals surface area contributed by atoms with E-state index in [1.807, 2.05) is 12.1 Å². The quantitative estimate of drug-likeness (QED) is 0.770. The summed E-state index contributed by atoms with van der Waals surface area (Å²) in [5.74, 6) is 1.07. The lowest BCUT2D eigenvalue weighted by Gasteiger charge is -2.22. The molecule has 1 aliphatic carbocycles. The van der Waals surface area contributed by atoms with E-state index in [2.05, 4.69) is 5.32 Å². The number of fused-ring (bicyclic) bond motifs is 2. The van der Waals surface area contributed by atoms with Crippen LogP contribution in [0.1, 0.15) is 33.6 Å². The summed E-state index contributed by atoms with van der Waals surface area (Å²) >= 11 is 0. The van der Waals surface area contributed by atoms with Crippen molar-refractivity contribution in [1.82, 2.24) is 10.2 Å². The molecule has 2 fully saturated rings. The fraction of sp³-hybridized carbons (Fsp3) is 0.467. The van der Waals surface area contributed by atoms with E-state index in [1.54, 1.807) is 12.1 Å². The molecule has 1 aromatic rings. The van der Waals surface area contributed by atoms with Gasteiger partial charge in [0.25, 0.3) is 11.8 Å². The number of hydrogen-bond acceptors (Lipinski definition) is 3. The zero-order valence-corrected chi connectivity index (χ0v) is 10.6. The lowest BCUT2D eigenvalue weighted by molar-refractivity contribution is 0.0582. The predicted molar refractivity (Wildman–Crippen MR) is 69.8 cm³/mol. The van der Waals surface area contributed by atoms with Crippen LogP contribution >= 0.6 is 0 Å². The Hall–Kier alpha value is -1.68. The summed E-state index contributed by atoms with van der Waals surface area (Å²) < 4.78 is 0. The minimum atomic E-state index is -0.0986. The zero-order chi connectivity index (χ0) is 13.0. The van der Waals surface area contributed by atoms with Crippen LogP contribution < -0.4 is 5.32 Å². The summed E-state index contributed by atoms with van der Waals surface area (Å²) in [4.78, 5) is 26.3. The monoisotopic (exact) mass is 256 g/mol. The number of imide groups is 1. The second-order valence-corrected chi connectivity index (χ2v) is 5.83. The van der Waals surface area contributed by atoms with Gasteiger partial charge in [-0.15, -0.1) is 0 Å². The number of amides is 2. The molecule has 2 aliphatic heterocycles. The third-order valence-electron chi connectivity index (χ3n) is 4.82. The van der Waals surface area contributed by atoms with E-state index in [4.69, 9.17) is 0 Å². The highest BCUT2D eigenvalue weighted by molar-refractivity contribution is 6.21. The van der Waals surface area contributed by atoms with Crippen LogP contribution in [0.5, 0.6) is 0 Å². The highest BCUT2D eigenvalue weighted by atomic mass is 16.2. The van der Waals surface area contributed by atoms with E-state index in [0.717, 1.165) is 25.9 Å². The first kappa shape index (κ1) is 11.2. The number of nitrogens with zero attached hydrogens (tertiary/aromatic N) is 1. The van der Waals surface area contributed by atoms with Crippen LogP contribution in [0.3, 0.4) is 0 Å². The molecule has 4 nitrogen and oxygen atoms in total. The van der Waals surface area contributed by atoms with Crippen molar-refractivity contribution in [3.63, 3.8) is 0 Å². The van der Waals surface area contributed by atoms with Gasteiger partial charge in [-0.25, -0.2) is 0 Å². The molecule has 2 unspecified atom stereocenters. The van der Waals surface area contributed by atoms with E-state index in [9.17, 15) is 9.59 Å². The second kappa shape index (κ2) is 3.90. The molecule has 2 heterocycles. The van der Waals surface area contributed by atoms with Gasteiger partial charge in [0, 0.05) is 6.04 Å². The predicted octanol–water partition coefficient (Wildman–Crippen LogP) is 1.28. The maximum atomic E-state index is 12.4. The molecule has 0 bridgehead atoms. The molecule has 4 heteroatoms. The van der Waals surface area contributed by atoms with Crippen LogP contribution in [0.25, 0.3) is 0 Å². The van der Waals surface area contributed by atoms with E-state index < -0.39 is 0 Å². The molecule has 19 heavy (non-hydrogen) atoms. The van der Waals surface area contributed by atoms with E-state index in [0.29, 0.717) is 23.0 Å². The molecule has 1 saturated carbocycles. The molecule has 1 saturated heterocycles. The average molecular weight is 256 g/mol. The molecular formula is C15H16N2O2. The molecule has 0 radical (unpaired) electrons. The van der Waals surface area contributed by atoms with Gasteiger partial charge in [-0.3, -0.25) is 14.5 Å². The molecular weight excluding hydrogens is 240 g/mol. The summed E-state index contributed by atoms with van der Waals surface area (Å²) in [6.07, 6.45) is 1.92. The molecule has 0 spiro atoms. The van der Waals surface area contributed by atoms with Gasteiger partial charge in [0.05, 0.1) is 11.1 Å². The Morgan fingerprint density at radius 1 is 0.947 bits per heavy atom. The number of rotatable bonds is 1. The largest absolute Gasteiger partial charge is 0.316 e. The third-order valence-corrected chi connectivity index (χ3v) is 4.82. The van der Waals surface area contributed by atoms with Crippen molar-refractivity contribution >= 4 is 11.8 Å². The van der Waals surface area contributed by atoms with Gasteiger partial charge < -0.3 is 5.32 Å². The standard InChI is InChI=1S/C15H16N2O2/c18-14-12-3-1-2-4-13(12)15(19)17(14)11-5-9-7-16-8-10(9)6-11/h1-4,9-11,16H,5-8H2/t9-,10?,11?/m0/s1. The fourth-order valence-electron chi connectivity index (χ4n) is 3.88. The molecule has 1 N–H and O–H groups in total. The van der Waals surface area contributed by atoms with Crippen molar-refractivity contribution in [2.24, 2.45) is 11.8 Å². The van der Waals surface area contributed by atoms with Gasteiger partial charge in [0.1, 0.15) is 0 Å². The SMILES string of the molecule is O=C1c2ccccc2C(=O)N1C1CC2CNC[C@@H]2C1. The Bertz CT molecular complexity index is 522. The minimum absolute atomic E-state index is 0.0986. The van der Waals surface area contributed by atoms with Crippen molar-refractivity contribution in [2.45, 2.75) is 18.9 Å². The van der Waals surface area contributed by atoms with Gasteiger partial charge in [0.15, 0.2) is 0 Å². The van der Waals surface area contributed by atoms with Crippen molar-refractivity contribution in [3.05, 3.63) is 35.4 Å². The van der Waals surface area contributed by atoms with Crippen LogP contribution in [0, 0.1) is 11.8 Å². The molecule has 98 valence electrons. The lowest BCUT2D eigenvalue weighted by Crippen LogP contribution is -2.39. The number of carbonyl (C=O) groups excluding carboxylic acids is 2. The van der Waals surface area contributed by atoms with Gasteiger partial charge in [0.2, 0.25) is 0 Å². The molecule has 2 amide bonds. The Morgan fingerprint density at radius 3 is 2.00 bits per heavy atom. The van der Waals surface area contributed by atoms with Crippen LogP contribution in [0.2, 0.25) is 0 Å². The van der Waals surface area contributed by atoms with Crippen LogP contribution in [-0.2, 0) is 0 Å². The smallest absolute Gasteiger partial charge is 0.261 e. The first-order chi connectivity index (χ1) is 9.25. The summed E-state index contributed by atoms with van der Waals surface area (Å²) in [5.41, 5.74) is 1.14. The fourth-order valence-corrected chi connectivity index (χ4v) is 3.88. The lowest BCUT2D eigenvalue weighted by atomic mass is 10.0. The number of nitrogens with one attached hydrogen (secondary N) is 1. The van der Waals surface area contributed by atoms with Gasteiger partial charge in [-0.05, 0) is 49.9 Å². The topological polar surface area (TPSA) is 49.4 Å². The van der Waals surface area contributed by atoms with Crippen molar-refractivity contribution in [1.29, 1.82) is 0 Å². The Balaban J connectivity index is 1.64. The average Bonchev–Trinajstić information content (AvgIpc) is 3.04. The first-order valence-corrected chi connectivity index (χ1v) is 6.93. The molecule has 4 rings (SSSR count). The summed E-state index contributed by atoms with van der Waals surface area (Å²) in [6.45, 7) is 2.06. The van der Waals surface area contributed by atoms with Crippen molar-refractivity contribution in [2.75, 3.05) is 13.1 Å². The van der Waals surface area contributed by atoms with Crippen molar-refractivity contribution in [3.8, 4) is 0 Å². The Morgan fingerprint density at radius 2 is 1.47 bits per heavy atom. The number of benzene rings is 1. The second-order valence-electron chi connectivity index (χ2n) is 5.83. The first-order valence-electron chi connectivity index (χ1n) is 6.93. The molecule has 0 aromatic heterocycles. The number of hydrogen-bond donors (Lipinski definition) is 1. The van der Waals surface area contributed by atoms with Crippen molar-refractivity contribution < 1.29 is 9.59 Å². The maximum absolute atomic E-state index is 12.4. The molecule has 3 aliphatic rings. The minimum Gasteiger partial charge on any atom is -0.316 e. The molecule has 1 aromatic carbocycles. The third kappa shape index (κ3) is 1.49. The Labute approximate surface area is 111 Å². The Kier molecular flexibility index (Phi) is 2.30. The highest BCUT2D eigenvalue weighted by Gasteiger charge is 2.46. The normalized spacial score (nSPS) is 32.8. The van der Waals surface area contributed by atoms with E-state index >= 15 is 0 Å². The number of carbonyl (C=O) groups is 2. The molecule has 3 atom stereocenters. The highest BCUT2D eigenvalue weighted by Crippen LogP contribution is 2.39. The van der Waals surface area contributed by atoms with Gasteiger partial charge in [-0.1, -0.05) is 12.1 Å². The van der Waals surface area contributed by atoms with Gasteiger partial charge in [-0.2, -0.15) is 0 Å². The van der Waals surface area contributed by atoms with Gasteiger partial charge >= 0.3 is 0 Å². The summed E-state index contributed by atoms with van der Waals surface area (Å²) in [6, 6.07) is 7.26.